The van der Waals surface area contributed by atoms with Crippen molar-refractivity contribution in [2.24, 2.45) is 5.92 Å². The van der Waals surface area contributed by atoms with Gasteiger partial charge in [0, 0.05) is 12.1 Å². The van der Waals surface area contributed by atoms with Crippen molar-refractivity contribution in [1.29, 1.82) is 0 Å². The Morgan fingerprint density at radius 1 is 1.28 bits per heavy atom. The third-order valence-electron chi connectivity index (χ3n) is 4.35. The van der Waals surface area contributed by atoms with Gasteiger partial charge in [0.1, 0.15) is 5.76 Å². The molecule has 0 radical (unpaired) electrons. The molecule has 0 bridgehead atoms. The minimum absolute atomic E-state index is 0.0792. The number of hydrogen-bond acceptors (Lipinski definition) is 4. The molecule has 2 aromatic rings. The Morgan fingerprint density at radius 2 is 2.00 bits per heavy atom. The number of nitrogens with zero attached hydrogens (tertiary/aromatic N) is 1. The van der Waals surface area contributed by atoms with Crippen molar-refractivity contribution in [2.45, 2.75) is 40.0 Å². The van der Waals surface area contributed by atoms with Gasteiger partial charge in [-0.25, -0.2) is 0 Å². The van der Waals surface area contributed by atoms with E-state index >= 15 is 0 Å². The van der Waals surface area contributed by atoms with Crippen LogP contribution >= 0.6 is 0 Å². The first kappa shape index (κ1) is 18.7. The summed E-state index contributed by atoms with van der Waals surface area (Å²) in [6.45, 7) is 7.35. The minimum Gasteiger partial charge on any atom is -0.481 e. The average Bonchev–Trinajstić information content (AvgIpc) is 2.89. The smallest absolute Gasteiger partial charge is 0.308 e. The first-order valence-electron chi connectivity index (χ1n) is 8.28. The van der Waals surface area contributed by atoms with Crippen LogP contribution in [0.2, 0.25) is 0 Å². The number of carbonyl (C=O) groups is 2. The van der Waals surface area contributed by atoms with E-state index in [0.29, 0.717) is 17.9 Å². The monoisotopic (exact) mass is 344 g/mol. The third-order valence-corrected chi connectivity index (χ3v) is 4.35. The van der Waals surface area contributed by atoms with E-state index in [1.807, 2.05) is 31.2 Å². The second-order valence-corrected chi connectivity index (χ2v) is 6.43. The molecule has 2 unspecified atom stereocenters. The quantitative estimate of drug-likeness (QED) is 0.806. The molecular formula is C19H24N2O4. The summed E-state index contributed by atoms with van der Waals surface area (Å²) in [4.78, 5) is 23.9. The lowest BCUT2D eigenvalue weighted by molar-refractivity contribution is -0.141. The summed E-state index contributed by atoms with van der Waals surface area (Å²) in [5.74, 6) is -1.67. The largest absolute Gasteiger partial charge is 0.481 e. The molecule has 0 saturated carbocycles. The number of benzene rings is 1. The van der Waals surface area contributed by atoms with Gasteiger partial charge in [-0.05, 0) is 39.7 Å². The molecule has 0 fully saturated rings. The van der Waals surface area contributed by atoms with E-state index in [0.717, 1.165) is 16.7 Å². The number of rotatable bonds is 7. The topological polar surface area (TPSA) is 92.4 Å². The maximum absolute atomic E-state index is 12.4. The Labute approximate surface area is 147 Å². The summed E-state index contributed by atoms with van der Waals surface area (Å²) >= 11 is 0. The molecule has 0 aliphatic rings. The van der Waals surface area contributed by atoms with E-state index in [1.54, 1.807) is 20.8 Å². The summed E-state index contributed by atoms with van der Waals surface area (Å²) in [5.41, 5.74) is 3.45. The summed E-state index contributed by atoms with van der Waals surface area (Å²) in [6, 6.07) is 7.73. The Kier molecular flexibility index (Phi) is 5.96. The molecule has 1 amide bonds. The predicted molar refractivity (Wildman–Crippen MR) is 93.4 cm³/mol. The molecular weight excluding hydrogens is 320 g/mol. The van der Waals surface area contributed by atoms with Gasteiger partial charge < -0.3 is 14.9 Å². The van der Waals surface area contributed by atoms with Gasteiger partial charge in [-0.1, -0.05) is 35.0 Å². The van der Waals surface area contributed by atoms with Gasteiger partial charge in [0.15, 0.2) is 0 Å². The molecule has 0 aliphatic carbocycles. The highest BCUT2D eigenvalue weighted by molar-refractivity contribution is 5.84. The molecule has 1 heterocycles. The fourth-order valence-electron chi connectivity index (χ4n) is 2.99. The SMILES string of the molecule is Cc1cccc(CC(CNC(=O)C(C)c2c(C)noc2C)C(=O)O)c1. The standard InChI is InChI=1S/C19H24N2O4/c1-11-6-5-7-15(8-11)9-16(19(23)24)10-20-18(22)12(2)17-13(3)21-25-14(17)4/h5-8,12,16H,9-10H2,1-4H3,(H,20,22)(H,23,24). The molecule has 2 atom stereocenters. The van der Waals surface area contributed by atoms with Crippen LogP contribution in [-0.4, -0.2) is 28.7 Å². The van der Waals surface area contributed by atoms with Crippen molar-refractivity contribution in [3.63, 3.8) is 0 Å². The normalized spacial score (nSPS) is 13.3. The van der Waals surface area contributed by atoms with E-state index < -0.39 is 17.8 Å². The number of hydrogen-bond donors (Lipinski definition) is 2. The number of carboxylic acids is 1. The second-order valence-electron chi connectivity index (χ2n) is 6.43. The molecule has 0 spiro atoms. The van der Waals surface area contributed by atoms with Crippen LogP contribution in [0.3, 0.4) is 0 Å². The lowest BCUT2D eigenvalue weighted by Gasteiger charge is -2.16. The fourth-order valence-corrected chi connectivity index (χ4v) is 2.99. The number of aryl methyl sites for hydroxylation is 3. The molecule has 6 nitrogen and oxygen atoms in total. The molecule has 2 rings (SSSR count). The summed E-state index contributed by atoms with van der Waals surface area (Å²) in [7, 11) is 0. The second kappa shape index (κ2) is 7.96. The number of carboxylic acid groups (broad SMARTS) is 1. The number of amides is 1. The Balaban J connectivity index is 2.01. The van der Waals surface area contributed by atoms with Gasteiger partial charge in [0.05, 0.1) is 17.5 Å². The molecule has 25 heavy (non-hydrogen) atoms. The van der Waals surface area contributed by atoms with Crippen LogP contribution < -0.4 is 5.32 Å². The van der Waals surface area contributed by atoms with Crippen LogP contribution in [0.4, 0.5) is 0 Å². The lowest BCUT2D eigenvalue weighted by atomic mass is 9.96. The molecule has 2 N–H and O–H groups in total. The van der Waals surface area contributed by atoms with Crippen LogP contribution in [0, 0.1) is 26.7 Å². The fraction of sp³-hybridized carbons (Fsp3) is 0.421. The first-order chi connectivity index (χ1) is 11.8. The van der Waals surface area contributed by atoms with E-state index in [4.69, 9.17) is 4.52 Å². The van der Waals surface area contributed by atoms with Gasteiger partial charge in [0.25, 0.3) is 0 Å². The van der Waals surface area contributed by atoms with Crippen molar-refractivity contribution in [1.82, 2.24) is 10.5 Å². The van der Waals surface area contributed by atoms with Crippen molar-refractivity contribution in [3.05, 3.63) is 52.4 Å². The zero-order valence-electron chi connectivity index (χ0n) is 15.0. The maximum atomic E-state index is 12.4. The molecule has 6 heteroatoms. The van der Waals surface area contributed by atoms with Crippen molar-refractivity contribution in [3.8, 4) is 0 Å². The van der Waals surface area contributed by atoms with Crippen LogP contribution in [0.1, 0.15) is 41.0 Å². The van der Waals surface area contributed by atoms with Gasteiger partial charge in [-0.3, -0.25) is 9.59 Å². The van der Waals surface area contributed by atoms with Crippen LogP contribution in [0.5, 0.6) is 0 Å². The Hall–Kier alpha value is -2.63. The lowest BCUT2D eigenvalue weighted by Crippen LogP contribution is -2.36. The average molecular weight is 344 g/mol. The molecule has 134 valence electrons. The molecule has 0 aliphatic heterocycles. The predicted octanol–water partition coefficient (Wildman–Crippen LogP) is 2.76. The van der Waals surface area contributed by atoms with E-state index in [2.05, 4.69) is 10.5 Å². The van der Waals surface area contributed by atoms with E-state index in [-0.39, 0.29) is 12.5 Å². The van der Waals surface area contributed by atoms with Gasteiger partial charge in [-0.15, -0.1) is 0 Å². The Morgan fingerprint density at radius 3 is 2.56 bits per heavy atom. The highest BCUT2D eigenvalue weighted by atomic mass is 16.5. The number of aliphatic carboxylic acids is 1. The van der Waals surface area contributed by atoms with Crippen molar-refractivity contribution >= 4 is 11.9 Å². The van der Waals surface area contributed by atoms with Gasteiger partial charge in [0.2, 0.25) is 5.91 Å². The summed E-state index contributed by atoms with van der Waals surface area (Å²) in [5, 5.41) is 16.1. The summed E-state index contributed by atoms with van der Waals surface area (Å²) in [6.07, 6.45) is 0.372. The van der Waals surface area contributed by atoms with Crippen LogP contribution in [0.25, 0.3) is 0 Å². The van der Waals surface area contributed by atoms with Crippen LogP contribution in [-0.2, 0) is 16.0 Å². The first-order valence-corrected chi connectivity index (χ1v) is 8.28. The molecule has 1 aromatic heterocycles. The number of nitrogens with one attached hydrogen (secondary N) is 1. The molecule has 0 saturated heterocycles. The van der Waals surface area contributed by atoms with E-state index in [1.165, 1.54) is 0 Å². The number of aromatic nitrogens is 1. The van der Waals surface area contributed by atoms with Crippen LogP contribution in [0.15, 0.2) is 28.8 Å². The van der Waals surface area contributed by atoms with E-state index in [9.17, 15) is 14.7 Å². The zero-order valence-corrected chi connectivity index (χ0v) is 15.0. The van der Waals surface area contributed by atoms with Gasteiger partial charge >= 0.3 is 5.97 Å². The molecule has 1 aromatic carbocycles. The highest BCUT2D eigenvalue weighted by Crippen LogP contribution is 2.23. The maximum Gasteiger partial charge on any atom is 0.308 e. The summed E-state index contributed by atoms with van der Waals surface area (Å²) < 4.78 is 5.10. The minimum atomic E-state index is -0.924. The number of carbonyl (C=O) groups excluding carboxylic acids is 1. The highest BCUT2D eigenvalue weighted by Gasteiger charge is 2.25. The van der Waals surface area contributed by atoms with Crippen molar-refractivity contribution in [2.75, 3.05) is 6.54 Å². The zero-order chi connectivity index (χ0) is 18.6. The van der Waals surface area contributed by atoms with Crippen molar-refractivity contribution < 1.29 is 19.2 Å². The van der Waals surface area contributed by atoms with Gasteiger partial charge in [-0.2, -0.15) is 0 Å². The Bertz CT molecular complexity index is 747. The third kappa shape index (κ3) is 4.68.